The Labute approximate surface area is 118 Å². The van der Waals surface area contributed by atoms with Crippen molar-refractivity contribution in [2.75, 3.05) is 17.7 Å². The van der Waals surface area contributed by atoms with Gasteiger partial charge in [-0.2, -0.15) is 0 Å². The predicted molar refractivity (Wildman–Crippen MR) is 78.6 cm³/mol. The van der Waals surface area contributed by atoms with Crippen LogP contribution in [-0.4, -0.2) is 20.4 Å². The maximum absolute atomic E-state index is 11.3. The molecule has 1 heterocycles. The van der Waals surface area contributed by atoms with Crippen LogP contribution in [0.15, 0.2) is 47.6 Å². The maximum atomic E-state index is 11.3. The van der Waals surface area contributed by atoms with Crippen LogP contribution < -0.4 is 15.8 Å². The van der Waals surface area contributed by atoms with Gasteiger partial charge in [0.2, 0.25) is 10.0 Å². The van der Waals surface area contributed by atoms with E-state index in [0.717, 1.165) is 11.3 Å². The second-order valence-electron chi connectivity index (χ2n) is 4.48. The Balaban J connectivity index is 2.24. The van der Waals surface area contributed by atoms with Gasteiger partial charge in [0.05, 0.1) is 5.69 Å². The summed E-state index contributed by atoms with van der Waals surface area (Å²) in [5.74, 6) is 0. The largest absolute Gasteiger partial charge is 0.398 e. The third kappa shape index (κ3) is 3.25. The van der Waals surface area contributed by atoms with Crippen LogP contribution in [0, 0.1) is 0 Å². The van der Waals surface area contributed by atoms with Crippen LogP contribution >= 0.6 is 0 Å². The van der Waals surface area contributed by atoms with E-state index in [2.05, 4.69) is 4.98 Å². The minimum absolute atomic E-state index is 0.0592. The second kappa shape index (κ2) is 5.48. The zero-order chi connectivity index (χ0) is 14.8. The van der Waals surface area contributed by atoms with E-state index >= 15 is 0 Å². The minimum atomic E-state index is -3.79. The number of nitrogens with zero attached hydrogens (tertiary/aromatic N) is 2. The number of rotatable bonds is 4. The van der Waals surface area contributed by atoms with Crippen LogP contribution in [-0.2, 0) is 16.6 Å². The molecule has 0 spiro atoms. The zero-order valence-corrected chi connectivity index (χ0v) is 11.8. The van der Waals surface area contributed by atoms with Gasteiger partial charge in [0, 0.05) is 31.7 Å². The highest BCUT2D eigenvalue weighted by molar-refractivity contribution is 7.89. The van der Waals surface area contributed by atoms with Gasteiger partial charge in [-0.3, -0.25) is 4.98 Å². The van der Waals surface area contributed by atoms with E-state index in [1.165, 1.54) is 6.07 Å². The lowest BCUT2D eigenvalue weighted by molar-refractivity contribution is 0.598. The molecule has 6 nitrogen and oxygen atoms in total. The molecule has 0 saturated heterocycles. The summed E-state index contributed by atoms with van der Waals surface area (Å²) < 4.78 is 22.6. The normalized spacial score (nSPS) is 11.3. The number of primary sulfonamides is 1. The van der Waals surface area contributed by atoms with Gasteiger partial charge in [0.25, 0.3) is 0 Å². The third-order valence-corrected chi connectivity index (χ3v) is 3.87. The van der Waals surface area contributed by atoms with Crippen molar-refractivity contribution in [3.8, 4) is 0 Å². The fraction of sp³-hybridized carbons (Fsp3) is 0.154. The number of anilines is 2. The summed E-state index contributed by atoms with van der Waals surface area (Å²) in [5.41, 5.74) is 7.73. The molecule has 1 aromatic carbocycles. The van der Waals surface area contributed by atoms with Crippen molar-refractivity contribution in [2.45, 2.75) is 11.4 Å². The average molecular weight is 292 g/mol. The van der Waals surface area contributed by atoms with E-state index in [4.69, 9.17) is 10.9 Å². The first-order valence-electron chi connectivity index (χ1n) is 5.90. The van der Waals surface area contributed by atoms with Gasteiger partial charge >= 0.3 is 0 Å². The van der Waals surface area contributed by atoms with E-state index in [9.17, 15) is 8.42 Å². The standard InChI is InChI=1S/C13H16N4O2S/c1-17(9-10-3-2-6-16-8-10)11-4-5-13(12(14)7-11)20(15,18)19/h2-8H,9,14H2,1H3,(H2,15,18,19). The molecule has 0 fully saturated rings. The first kappa shape index (κ1) is 14.3. The van der Waals surface area contributed by atoms with Crippen LogP contribution in [0.5, 0.6) is 0 Å². The molecular weight excluding hydrogens is 276 g/mol. The number of nitrogens with two attached hydrogens (primary N) is 2. The number of nitrogen functional groups attached to an aromatic ring is 1. The Morgan fingerprint density at radius 3 is 2.60 bits per heavy atom. The van der Waals surface area contributed by atoms with Crippen molar-refractivity contribution in [1.82, 2.24) is 4.98 Å². The van der Waals surface area contributed by atoms with E-state index < -0.39 is 10.0 Å². The molecule has 0 radical (unpaired) electrons. The minimum Gasteiger partial charge on any atom is -0.398 e. The van der Waals surface area contributed by atoms with Gasteiger partial charge in [-0.1, -0.05) is 6.07 Å². The summed E-state index contributed by atoms with van der Waals surface area (Å²) in [7, 11) is -1.90. The van der Waals surface area contributed by atoms with Crippen molar-refractivity contribution in [1.29, 1.82) is 0 Å². The highest BCUT2D eigenvalue weighted by Gasteiger charge is 2.13. The summed E-state index contributed by atoms with van der Waals surface area (Å²) in [6, 6.07) is 8.51. The number of pyridine rings is 1. The molecule has 2 rings (SSSR count). The van der Waals surface area contributed by atoms with E-state index in [0.29, 0.717) is 6.54 Å². The molecule has 0 aliphatic heterocycles. The van der Waals surface area contributed by atoms with Crippen molar-refractivity contribution >= 4 is 21.4 Å². The smallest absolute Gasteiger partial charge is 0.240 e. The van der Waals surface area contributed by atoms with Crippen LogP contribution in [0.25, 0.3) is 0 Å². The molecule has 106 valence electrons. The van der Waals surface area contributed by atoms with Crippen LogP contribution in [0.4, 0.5) is 11.4 Å². The van der Waals surface area contributed by atoms with E-state index in [-0.39, 0.29) is 10.6 Å². The topological polar surface area (TPSA) is 102 Å². The predicted octanol–water partition coefficient (Wildman–Crippen LogP) is 0.948. The Bertz CT molecular complexity index is 702. The fourth-order valence-electron chi connectivity index (χ4n) is 1.89. The monoisotopic (exact) mass is 292 g/mol. The average Bonchev–Trinajstić information content (AvgIpc) is 2.38. The number of hydrogen-bond acceptors (Lipinski definition) is 5. The highest BCUT2D eigenvalue weighted by atomic mass is 32.2. The van der Waals surface area contributed by atoms with E-state index in [1.54, 1.807) is 24.5 Å². The van der Waals surface area contributed by atoms with Gasteiger partial charge < -0.3 is 10.6 Å². The molecule has 0 amide bonds. The Morgan fingerprint density at radius 2 is 2.05 bits per heavy atom. The molecule has 20 heavy (non-hydrogen) atoms. The molecule has 2 aromatic rings. The van der Waals surface area contributed by atoms with Gasteiger partial charge in [0.15, 0.2) is 0 Å². The summed E-state index contributed by atoms with van der Waals surface area (Å²) in [6.45, 7) is 0.641. The zero-order valence-electron chi connectivity index (χ0n) is 11.0. The molecule has 4 N–H and O–H groups in total. The van der Waals surface area contributed by atoms with Crippen molar-refractivity contribution in [3.63, 3.8) is 0 Å². The van der Waals surface area contributed by atoms with Gasteiger partial charge in [-0.25, -0.2) is 13.6 Å². The van der Waals surface area contributed by atoms with Crippen molar-refractivity contribution < 1.29 is 8.42 Å². The lowest BCUT2D eigenvalue weighted by Crippen LogP contribution is -2.18. The van der Waals surface area contributed by atoms with Crippen LogP contribution in [0.3, 0.4) is 0 Å². The molecule has 0 bridgehead atoms. The van der Waals surface area contributed by atoms with E-state index in [1.807, 2.05) is 24.1 Å². The third-order valence-electron chi connectivity index (χ3n) is 2.88. The summed E-state index contributed by atoms with van der Waals surface area (Å²) >= 11 is 0. The molecule has 0 aliphatic carbocycles. The van der Waals surface area contributed by atoms with Crippen LogP contribution in [0.1, 0.15) is 5.56 Å². The summed E-state index contributed by atoms with van der Waals surface area (Å²) in [6.07, 6.45) is 3.49. The second-order valence-corrected chi connectivity index (χ2v) is 6.01. The number of aromatic nitrogens is 1. The molecule has 0 unspecified atom stereocenters. The maximum Gasteiger partial charge on any atom is 0.240 e. The fourth-order valence-corrected chi connectivity index (χ4v) is 2.53. The quantitative estimate of drug-likeness (QED) is 0.817. The first-order valence-corrected chi connectivity index (χ1v) is 7.45. The lowest BCUT2D eigenvalue weighted by Gasteiger charge is -2.20. The van der Waals surface area contributed by atoms with Crippen LogP contribution in [0.2, 0.25) is 0 Å². The number of sulfonamides is 1. The van der Waals surface area contributed by atoms with Crippen molar-refractivity contribution in [2.24, 2.45) is 5.14 Å². The van der Waals surface area contributed by atoms with Gasteiger partial charge in [0.1, 0.15) is 4.90 Å². The SMILES string of the molecule is CN(Cc1cccnc1)c1ccc(S(N)(=O)=O)c(N)c1. The molecule has 7 heteroatoms. The summed E-state index contributed by atoms with van der Waals surface area (Å²) in [5, 5.41) is 5.08. The van der Waals surface area contributed by atoms with Gasteiger partial charge in [-0.05, 0) is 29.8 Å². The lowest BCUT2D eigenvalue weighted by atomic mass is 10.2. The Hall–Kier alpha value is -2.12. The molecule has 0 saturated carbocycles. The van der Waals surface area contributed by atoms with Gasteiger partial charge in [-0.15, -0.1) is 0 Å². The molecule has 0 aliphatic rings. The Kier molecular flexibility index (Phi) is 3.91. The molecule has 0 atom stereocenters. The number of benzene rings is 1. The summed E-state index contributed by atoms with van der Waals surface area (Å²) in [4.78, 5) is 5.93. The first-order chi connectivity index (χ1) is 9.38. The Morgan fingerprint density at radius 1 is 1.30 bits per heavy atom. The molecular formula is C13H16N4O2S. The molecule has 1 aromatic heterocycles. The van der Waals surface area contributed by atoms with Crippen molar-refractivity contribution in [3.05, 3.63) is 48.3 Å². The number of hydrogen-bond donors (Lipinski definition) is 2. The highest BCUT2D eigenvalue weighted by Crippen LogP contribution is 2.24.